The zero-order chi connectivity index (χ0) is 31.5. The summed E-state index contributed by atoms with van der Waals surface area (Å²) in [5.74, 6) is 1.06. The maximum absolute atomic E-state index is 12.5. The lowest BCUT2D eigenvalue weighted by Gasteiger charge is -2.51. The Morgan fingerprint density at radius 3 is 2.23 bits per heavy atom. The molecule has 0 spiro atoms. The van der Waals surface area contributed by atoms with Crippen LogP contribution in [0, 0.1) is 16.7 Å². The van der Waals surface area contributed by atoms with E-state index in [1.54, 1.807) is 27.9 Å². The van der Waals surface area contributed by atoms with Gasteiger partial charge in [0.05, 0.1) is 12.2 Å². The van der Waals surface area contributed by atoms with Crippen LogP contribution in [-0.4, -0.2) is 57.9 Å². The highest BCUT2D eigenvalue weighted by atomic mass is 31.2. The lowest BCUT2D eigenvalue weighted by atomic mass is 9.68. The average Bonchev–Trinajstić information content (AvgIpc) is 3.63. The van der Waals surface area contributed by atoms with Crippen molar-refractivity contribution in [3.8, 4) is 22.5 Å². The second kappa shape index (κ2) is 10.5. The second-order valence-electron chi connectivity index (χ2n) is 13.2. The van der Waals surface area contributed by atoms with Gasteiger partial charge in [0.1, 0.15) is 18.8 Å². The minimum absolute atomic E-state index is 0.109. The number of hydrogen-bond acceptors (Lipinski definition) is 8. The van der Waals surface area contributed by atoms with E-state index in [1.165, 1.54) is 11.0 Å². The van der Waals surface area contributed by atoms with E-state index in [9.17, 15) is 19.1 Å². The van der Waals surface area contributed by atoms with Gasteiger partial charge in [-0.25, -0.2) is 28.5 Å². The van der Waals surface area contributed by atoms with Crippen LogP contribution in [0.1, 0.15) is 55.4 Å². The third kappa shape index (κ3) is 5.46. The molecule has 0 unspecified atom stereocenters. The van der Waals surface area contributed by atoms with Crippen LogP contribution in [0.4, 0.5) is 10.6 Å². The quantitative estimate of drug-likeness (QED) is 0.256. The number of carbonyl (C=O) groups is 1. The van der Waals surface area contributed by atoms with Crippen LogP contribution in [0.25, 0.3) is 28.2 Å². The third-order valence-electron chi connectivity index (χ3n) is 7.83. The monoisotopic (exact) mass is 611 g/mol. The third-order valence-corrected chi connectivity index (χ3v) is 8.33. The zero-order valence-corrected chi connectivity index (χ0v) is 26.5. The number of aromatic nitrogens is 6. The topological polar surface area (TPSA) is 157 Å². The number of hydrogen-bond donors (Lipinski definition) is 2. The Morgan fingerprint density at radius 1 is 1.02 bits per heavy atom. The first kappa shape index (κ1) is 30.8. The number of phosphoric ester groups is 1. The summed E-state index contributed by atoms with van der Waals surface area (Å²) in [7, 11) is -4.92. The van der Waals surface area contributed by atoms with Crippen LogP contribution in [-0.2, 0) is 19.6 Å². The molecular weight excluding hydrogens is 573 g/mol. The molecule has 0 saturated carbocycles. The van der Waals surface area contributed by atoms with Crippen molar-refractivity contribution in [3.05, 3.63) is 49.1 Å². The first-order chi connectivity index (χ1) is 19.9. The van der Waals surface area contributed by atoms with Gasteiger partial charge in [0.2, 0.25) is 0 Å². The number of phosphoric acid groups is 1. The van der Waals surface area contributed by atoms with Crippen LogP contribution in [0.5, 0.6) is 0 Å². The van der Waals surface area contributed by atoms with Crippen molar-refractivity contribution in [2.75, 3.05) is 11.5 Å². The molecule has 13 nitrogen and oxygen atoms in total. The van der Waals surface area contributed by atoms with Crippen LogP contribution in [0.15, 0.2) is 49.1 Å². The van der Waals surface area contributed by atoms with Crippen molar-refractivity contribution < 1.29 is 28.4 Å². The Bertz CT molecular complexity index is 1680. The molecule has 3 aromatic heterocycles. The van der Waals surface area contributed by atoms with Crippen molar-refractivity contribution in [1.29, 1.82) is 0 Å². The maximum atomic E-state index is 12.5. The number of ether oxygens (including phenoxy) is 1. The number of carbonyl (C=O) groups excluding carboxylic acids is 1. The van der Waals surface area contributed by atoms with Crippen LogP contribution in [0.2, 0.25) is 0 Å². The summed E-state index contributed by atoms with van der Waals surface area (Å²) >= 11 is 0. The fraction of sp³-hybridized carbons (Fsp3) is 0.483. The molecule has 1 aliphatic heterocycles. The van der Waals surface area contributed by atoms with Crippen molar-refractivity contribution in [3.63, 3.8) is 0 Å². The number of rotatable bonds is 7. The van der Waals surface area contributed by atoms with Crippen LogP contribution in [0.3, 0.4) is 0 Å². The molecule has 1 aromatic carbocycles. The summed E-state index contributed by atoms with van der Waals surface area (Å²) in [6.45, 7) is 15.5. The van der Waals surface area contributed by atoms with E-state index in [-0.39, 0.29) is 12.0 Å². The predicted octanol–water partition coefficient (Wildman–Crippen LogP) is 5.49. The molecule has 43 heavy (non-hydrogen) atoms. The summed E-state index contributed by atoms with van der Waals surface area (Å²) in [5, 5.41) is 9.09. The summed E-state index contributed by atoms with van der Waals surface area (Å²) < 4.78 is 26.1. The van der Waals surface area contributed by atoms with Gasteiger partial charge >= 0.3 is 13.9 Å². The highest BCUT2D eigenvalue weighted by Gasteiger charge is 2.58. The number of anilines is 1. The number of cyclic esters (lactones) is 1. The van der Waals surface area contributed by atoms with E-state index < -0.39 is 30.5 Å². The van der Waals surface area contributed by atoms with Gasteiger partial charge in [-0.3, -0.25) is 9.42 Å². The van der Waals surface area contributed by atoms with Crippen molar-refractivity contribution in [1.82, 2.24) is 29.4 Å². The summed E-state index contributed by atoms with van der Waals surface area (Å²) in [6, 6.07) is 9.15. The molecule has 1 atom stereocenters. The zero-order valence-electron chi connectivity index (χ0n) is 25.6. The first-order valence-electron chi connectivity index (χ1n) is 14.0. The van der Waals surface area contributed by atoms with Gasteiger partial charge in [-0.1, -0.05) is 79.7 Å². The van der Waals surface area contributed by atoms with E-state index in [4.69, 9.17) is 14.2 Å². The SMILES string of the molecule is CC(C)[C@H]1COC(=O)N1c1ccn2ncc(-c3ccc(-c4ncn(C(OP(=O)(O)O)(C(C)(C)C)C(C)(C)C)n4)cc3)c2n1. The van der Waals surface area contributed by atoms with E-state index in [1.807, 2.05) is 79.7 Å². The molecule has 230 valence electrons. The minimum atomic E-state index is -4.92. The Hall–Kier alpha value is -3.64. The molecular formula is C29H38N7O6P. The Labute approximate surface area is 250 Å². The second-order valence-corrected chi connectivity index (χ2v) is 14.4. The minimum Gasteiger partial charge on any atom is -0.447 e. The average molecular weight is 612 g/mol. The van der Waals surface area contributed by atoms with Gasteiger partial charge in [-0.15, -0.1) is 5.10 Å². The Morgan fingerprint density at radius 2 is 1.65 bits per heavy atom. The molecule has 0 radical (unpaired) electrons. The number of amides is 1. The molecule has 5 rings (SSSR count). The van der Waals surface area contributed by atoms with Crippen molar-refractivity contribution >= 4 is 25.4 Å². The fourth-order valence-electron chi connectivity index (χ4n) is 6.03. The number of fused-ring (bicyclic) bond motifs is 1. The van der Waals surface area contributed by atoms with Gasteiger partial charge in [0.25, 0.3) is 0 Å². The molecule has 1 saturated heterocycles. The van der Waals surface area contributed by atoms with Gasteiger partial charge in [0, 0.05) is 28.2 Å². The summed E-state index contributed by atoms with van der Waals surface area (Å²) in [4.78, 5) is 43.1. The van der Waals surface area contributed by atoms with Gasteiger partial charge in [0.15, 0.2) is 17.2 Å². The molecule has 1 fully saturated rings. The normalized spacial score (nSPS) is 16.9. The maximum Gasteiger partial charge on any atom is 0.471 e. The lowest BCUT2D eigenvalue weighted by Crippen LogP contribution is -2.56. The fourth-order valence-corrected chi connectivity index (χ4v) is 7.01. The van der Waals surface area contributed by atoms with E-state index >= 15 is 0 Å². The van der Waals surface area contributed by atoms with Gasteiger partial charge in [-0.05, 0) is 17.5 Å². The first-order valence-corrected chi connectivity index (χ1v) is 15.6. The highest BCUT2D eigenvalue weighted by molar-refractivity contribution is 7.46. The van der Waals surface area contributed by atoms with Gasteiger partial charge < -0.3 is 14.5 Å². The molecule has 4 heterocycles. The highest BCUT2D eigenvalue weighted by Crippen LogP contribution is 2.58. The Balaban J connectivity index is 1.50. The van der Waals surface area contributed by atoms with Crippen molar-refractivity contribution in [2.24, 2.45) is 16.7 Å². The summed E-state index contributed by atoms with van der Waals surface area (Å²) in [6.07, 6.45) is 4.52. The molecule has 0 bridgehead atoms. The van der Waals surface area contributed by atoms with E-state index in [0.717, 1.165) is 11.1 Å². The number of benzene rings is 1. The van der Waals surface area contributed by atoms with Crippen LogP contribution >= 0.6 is 7.82 Å². The summed E-state index contributed by atoms with van der Waals surface area (Å²) in [5.41, 5.74) is -0.188. The molecule has 1 amide bonds. The molecule has 2 N–H and O–H groups in total. The number of nitrogens with zero attached hydrogens (tertiary/aromatic N) is 7. The standard InChI is InChI=1S/C29H38N7O6P/c1-18(2)22-16-41-26(37)36(22)23-13-14-34-25(32-23)21(15-31-34)19-9-11-20(12-10-19)24-30-17-35(33-24)29(27(3,4)5,28(6,7)8)42-43(38,39)40/h9-15,17-18,22H,16H2,1-8H3,(H2,38,39,40)/t22-/m1/s1. The van der Waals surface area contributed by atoms with E-state index in [0.29, 0.717) is 29.5 Å². The largest absolute Gasteiger partial charge is 0.471 e. The lowest BCUT2D eigenvalue weighted by molar-refractivity contribution is -0.198. The molecule has 4 aromatic rings. The smallest absolute Gasteiger partial charge is 0.447 e. The molecule has 1 aliphatic rings. The van der Waals surface area contributed by atoms with Gasteiger partial charge in [-0.2, -0.15) is 5.10 Å². The predicted molar refractivity (Wildman–Crippen MR) is 160 cm³/mol. The van der Waals surface area contributed by atoms with Crippen molar-refractivity contribution in [2.45, 2.75) is 67.2 Å². The molecule has 0 aliphatic carbocycles. The molecule has 14 heteroatoms. The Kier molecular flexibility index (Phi) is 7.53. The van der Waals surface area contributed by atoms with E-state index in [2.05, 4.69) is 15.2 Å². The van der Waals surface area contributed by atoms with Crippen LogP contribution < -0.4 is 4.90 Å².